The molecule has 3 unspecified atom stereocenters. The Labute approximate surface area is 277 Å². The molecule has 3 aromatic carbocycles. The summed E-state index contributed by atoms with van der Waals surface area (Å²) < 4.78 is 6.31. The molecular weight excluding hydrogens is 616 g/mol. The van der Waals surface area contributed by atoms with Crippen LogP contribution in [0.25, 0.3) is 11.0 Å². The number of anilines is 1. The highest BCUT2D eigenvalue weighted by atomic mass is 32.2. The number of ether oxygens (including phenoxy) is 1. The van der Waals surface area contributed by atoms with Gasteiger partial charge in [0.2, 0.25) is 17.7 Å². The lowest BCUT2D eigenvalue weighted by Crippen LogP contribution is -2.59. The average Bonchev–Trinajstić information content (AvgIpc) is 3.81. The van der Waals surface area contributed by atoms with E-state index in [2.05, 4.69) is 27.9 Å². The van der Waals surface area contributed by atoms with Gasteiger partial charge in [-0.15, -0.1) is 16.9 Å². The topological polar surface area (TPSA) is 139 Å². The van der Waals surface area contributed by atoms with Crippen LogP contribution in [-0.2, 0) is 27.5 Å². The lowest BCUT2D eigenvalue weighted by atomic mass is 9.66. The van der Waals surface area contributed by atoms with Crippen molar-refractivity contribution in [2.45, 2.75) is 55.4 Å². The number of aliphatic hydroxyl groups excluding tert-OH is 1. The minimum Gasteiger partial charge on any atom is -0.494 e. The molecule has 7 rings (SSSR count). The number of thioether (sulfide) groups is 1. The first kappa shape index (κ1) is 31.2. The zero-order chi connectivity index (χ0) is 32.7. The van der Waals surface area contributed by atoms with Gasteiger partial charge in [-0.2, -0.15) is 0 Å². The summed E-state index contributed by atoms with van der Waals surface area (Å²) in [4.78, 5) is 44.8. The quantitative estimate of drug-likeness (QED) is 0.224. The van der Waals surface area contributed by atoms with Gasteiger partial charge in [0, 0.05) is 10.9 Å². The second kappa shape index (κ2) is 12.6. The second-order valence-corrected chi connectivity index (χ2v) is 14.1. The summed E-state index contributed by atoms with van der Waals surface area (Å²) in [6.07, 6.45) is 1.07. The number of fused-ring (bicyclic) bond motifs is 2. The van der Waals surface area contributed by atoms with Crippen molar-refractivity contribution in [3.8, 4) is 5.75 Å². The Morgan fingerprint density at radius 2 is 1.81 bits per heavy atom. The number of aliphatic hydroxyl groups is 1. The molecule has 4 heterocycles. The third kappa shape index (κ3) is 5.33. The Balaban J connectivity index is 1.22. The normalized spacial score (nSPS) is 26.7. The molecule has 47 heavy (non-hydrogen) atoms. The van der Waals surface area contributed by atoms with Crippen LogP contribution >= 0.6 is 11.8 Å². The lowest BCUT2D eigenvalue weighted by Gasteiger charge is -2.40. The molecule has 3 amide bonds. The number of benzene rings is 3. The van der Waals surface area contributed by atoms with E-state index >= 15 is 0 Å². The highest BCUT2D eigenvalue weighted by Crippen LogP contribution is 2.68. The van der Waals surface area contributed by atoms with Crippen molar-refractivity contribution in [2.75, 3.05) is 18.5 Å². The third-order valence-corrected chi connectivity index (χ3v) is 12.0. The molecular formula is C35H38N6O5S. The van der Waals surface area contributed by atoms with Gasteiger partial charge in [-0.3, -0.25) is 14.4 Å². The van der Waals surface area contributed by atoms with Gasteiger partial charge in [0.15, 0.2) is 0 Å². The first-order valence-corrected chi connectivity index (χ1v) is 17.0. The van der Waals surface area contributed by atoms with E-state index in [1.165, 1.54) is 0 Å². The van der Waals surface area contributed by atoms with Gasteiger partial charge in [-0.25, -0.2) is 4.68 Å². The molecule has 0 aliphatic carbocycles. The Hall–Kier alpha value is -4.42. The minimum atomic E-state index is -0.899. The van der Waals surface area contributed by atoms with Crippen molar-refractivity contribution in [3.63, 3.8) is 0 Å². The van der Waals surface area contributed by atoms with E-state index in [-0.39, 0.29) is 42.2 Å². The average molecular weight is 655 g/mol. The molecule has 3 N–H and O–H groups in total. The number of hydrogen-bond donors (Lipinski definition) is 3. The van der Waals surface area contributed by atoms with Crippen molar-refractivity contribution < 1.29 is 24.2 Å². The molecule has 4 aromatic rings. The maximum absolute atomic E-state index is 14.7. The molecule has 3 saturated heterocycles. The van der Waals surface area contributed by atoms with Crippen LogP contribution < -0.4 is 15.4 Å². The van der Waals surface area contributed by atoms with Gasteiger partial charge in [0.1, 0.15) is 24.0 Å². The number of carbonyl (C=O) groups excluding carboxylic acids is 3. The van der Waals surface area contributed by atoms with Crippen LogP contribution in [0.1, 0.15) is 25.8 Å². The Kier molecular flexibility index (Phi) is 8.39. The molecule has 3 aliphatic rings. The van der Waals surface area contributed by atoms with Crippen LogP contribution in [0.3, 0.4) is 0 Å². The second-order valence-electron chi connectivity index (χ2n) is 12.5. The number of likely N-dealkylation sites (tertiary alicyclic amines) is 1. The van der Waals surface area contributed by atoms with Gasteiger partial charge in [-0.1, -0.05) is 54.6 Å². The van der Waals surface area contributed by atoms with E-state index in [4.69, 9.17) is 4.74 Å². The lowest BCUT2D eigenvalue weighted by molar-refractivity contribution is -0.142. The van der Waals surface area contributed by atoms with E-state index in [0.717, 1.165) is 11.1 Å². The fourth-order valence-electron chi connectivity index (χ4n) is 7.90. The number of rotatable bonds is 11. The summed E-state index contributed by atoms with van der Waals surface area (Å²) in [6, 6.07) is 22.7. The van der Waals surface area contributed by atoms with Crippen molar-refractivity contribution in [1.82, 2.24) is 25.2 Å². The fraction of sp³-hybridized carbons (Fsp3) is 0.400. The van der Waals surface area contributed by atoms with Crippen LogP contribution in [0.15, 0.2) is 78.9 Å². The largest absolute Gasteiger partial charge is 0.494 e. The van der Waals surface area contributed by atoms with Crippen molar-refractivity contribution in [1.29, 1.82) is 0 Å². The Morgan fingerprint density at radius 1 is 1.06 bits per heavy atom. The van der Waals surface area contributed by atoms with Crippen LogP contribution in [0, 0.1) is 17.8 Å². The van der Waals surface area contributed by atoms with Gasteiger partial charge in [0.05, 0.1) is 41.4 Å². The van der Waals surface area contributed by atoms with E-state index in [1.807, 2.05) is 61.5 Å². The summed E-state index contributed by atoms with van der Waals surface area (Å²) in [5.41, 5.74) is 3.04. The predicted octanol–water partition coefficient (Wildman–Crippen LogP) is 3.48. The molecule has 3 fully saturated rings. The maximum atomic E-state index is 14.7. The molecule has 2 bridgehead atoms. The zero-order valence-electron chi connectivity index (χ0n) is 26.3. The predicted molar refractivity (Wildman–Crippen MR) is 178 cm³/mol. The zero-order valence-corrected chi connectivity index (χ0v) is 27.1. The molecule has 3 aliphatic heterocycles. The van der Waals surface area contributed by atoms with E-state index in [0.29, 0.717) is 36.4 Å². The summed E-state index contributed by atoms with van der Waals surface area (Å²) in [7, 11) is 0. The summed E-state index contributed by atoms with van der Waals surface area (Å²) in [5, 5.41) is 25.1. The molecule has 1 aromatic heterocycles. The third-order valence-electron chi connectivity index (χ3n) is 9.91. The van der Waals surface area contributed by atoms with Crippen LogP contribution in [0.5, 0.6) is 5.75 Å². The van der Waals surface area contributed by atoms with E-state index < -0.39 is 28.7 Å². The van der Waals surface area contributed by atoms with Gasteiger partial charge < -0.3 is 25.4 Å². The van der Waals surface area contributed by atoms with Crippen molar-refractivity contribution in [3.05, 3.63) is 84.4 Å². The highest BCUT2D eigenvalue weighted by Gasteiger charge is 2.76. The molecule has 1 spiro atoms. The molecule has 0 radical (unpaired) electrons. The van der Waals surface area contributed by atoms with Gasteiger partial charge in [0.25, 0.3) is 0 Å². The van der Waals surface area contributed by atoms with E-state index in [1.54, 1.807) is 45.6 Å². The number of nitrogens with one attached hydrogen (secondary N) is 2. The minimum absolute atomic E-state index is 0.0232. The maximum Gasteiger partial charge on any atom is 0.245 e. The Morgan fingerprint density at radius 3 is 2.55 bits per heavy atom. The monoisotopic (exact) mass is 654 g/mol. The standard InChI is InChI=1S/C35H38N6O5S/c1-3-46-25-15-13-23(14-16-25)37-32(43)29-28-17-21(2)35(47-28)30(29)34(45)41(24(19-42)18-22-9-5-4-6-10-22)31(35)33(44)36-20-40-27-12-8-7-11-26(27)38-39-40/h4-16,21,24,28-31,42H,3,17-20H2,1-2H3,(H,36,44)(H,37,43)/t21?,24-,28-,29+,30+,31?,35?/m1/s1. The van der Waals surface area contributed by atoms with Crippen molar-refractivity contribution in [2.24, 2.45) is 17.8 Å². The fourth-order valence-corrected chi connectivity index (χ4v) is 10.3. The molecule has 244 valence electrons. The van der Waals surface area contributed by atoms with Crippen LogP contribution in [0.2, 0.25) is 0 Å². The van der Waals surface area contributed by atoms with Gasteiger partial charge >= 0.3 is 0 Å². The smallest absolute Gasteiger partial charge is 0.245 e. The first-order chi connectivity index (χ1) is 22.8. The highest BCUT2D eigenvalue weighted by molar-refractivity contribution is 8.02. The SMILES string of the molecule is CCOc1ccc(NC(=O)[C@@H]2[C@H]3C(=O)N([C@@H](CO)Cc4ccccc4)C(C(=O)NCn4nnc5ccccc54)C34S[C@@H]2CC4C)cc1. The summed E-state index contributed by atoms with van der Waals surface area (Å²) in [6.45, 7) is 4.26. The van der Waals surface area contributed by atoms with Crippen LogP contribution in [0.4, 0.5) is 5.69 Å². The Bertz CT molecular complexity index is 1780. The van der Waals surface area contributed by atoms with Crippen LogP contribution in [-0.4, -0.2) is 78.0 Å². The molecule has 12 heteroatoms. The number of amides is 3. The number of carbonyl (C=O) groups is 3. The van der Waals surface area contributed by atoms with Crippen molar-refractivity contribution >= 4 is 46.2 Å². The number of hydrogen-bond acceptors (Lipinski definition) is 8. The summed E-state index contributed by atoms with van der Waals surface area (Å²) >= 11 is 1.60. The first-order valence-electron chi connectivity index (χ1n) is 16.1. The summed E-state index contributed by atoms with van der Waals surface area (Å²) in [5.74, 6) is -1.51. The van der Waals surface area contributed by atoms with Gasteiger partial charge in [-0.05, 0) is 67.6 Å². The molecule has 0 saturated carbocycles. The number of nitrogens with zero attached hydrogens (tertiary/aromatic N) is 4. The van der Waals surface area contributed by atoms with E-state index in [9.17, 15) is 19.5 Å². The number of para-hydroxylation sites is 1. The number of aromatic nitrogens is 3. The molecule has 7 atom stereocenters. The molecule has 11 nitrogen and oxygen atoms in total.